The molecule has 40 heavy (non-hydrogen) atoms. The minimum absolute atomic E-state index is 0. The molecule has 17 heteroatoms. The molecule has 0 aliphatic carbocycles. The summed E-state index contributed by atoms with van der Waals surface area (Å²) in [6, 6.07) is -1.58. The molecule has 2 aliphatic heterocycles. The first-order chi connectivity index (χ1) is 17.8. The zero-order valence-electron chi connectivity index (χ0n) is 24.6. The molecule has 1 amide bonds. The van der Waals surface area contributed by atoms with Gasteiger partial charge >= 0.3 is 25.3 Å². The van der Waals surface area contributed by atoms with Crippen LogP contribution < -0.4 is 15.8 Å². The Morgan fingerprint density at radius 2 is 1.68 bits per heavy atom. The summed E-state index contributed by atoms with van der Waals surface area (Å²) in [6.45, 7) is 13.0. The quantitative estimate of drug-likeness (QED) is 0.230. The second-order valence-corrected chi connectivity index (χ2v) is 13.3. The number of hydrogen-bond acceptors (Lipinski definition) is 11. The molecule has 14 nitrogen and oxygen atoms in total. The largest absolute Gasteiger partial charge is 0.467 e. The van der Waals surface area contributed by atoms with Crippen molar-refractivity contribution >= 4 is 49.0 Å². The topological polar surface area (TPSA) is 193 Å². The molecule has 0 aromatic carbocycles. The van der Waals surface area contributed by atoms with Crippen molar-refractivity contribution in [2.45, 2.75) is 96.5 Å². The second-order valence-electron chi connectivity index (χ2n) is 11.5. The van der Waals surface area contributed by atoms with E-state index in [0.29, 0.717) is 6.32 Å². The third-order valence-electron chi connectivity index (χ3n) is 6.76. The van der Waals surface area contributed by atoms with E-state index >= 15 is 0 Å². The van der Waals surface area contributed by atoms with Crippen LogP contribution >= 0.6 is 13.5 Å². The molecule has 0 aromatic rings. The Morgan fingerprint density at radius 3 is 2.15 bits per heavy atom. The number of amides is 1. The minimum Gasteiger partial charge on any atom is -0.467 e. The lowest BCUT2D eigenvalue weighted by Crippen LogP contribution is -2.52. The number of hydrogen-bond donors (Lipinski definition) is 3. The van der Waals surface area contributed by atoms with Crippen LogP contribution in [0.2, 0.25) is 6.32 Å². The van der Waals surface area contributed by atoms with E-state index in [0.717, 1.165) is 20.0 Å². The Morgan fingerprint density at radius 1 is 1.15 bits per heavy atom. The number of nitrogens with one attached hydrogen (secondary N) is 2. The molecule has 4 N–H and O–H groups in total. The first kappa shape index (κ1) is 38.3. The van der Waals surface area contributed by atoms with Crippen LogP contribution in [-0.4, -0.2) is 93.7 Å². The third-order valence-corrected chi connectivity index (χ3v) is 8.27. The van der Waals surface area contributed by atoms with E-state index in [4.69, 9.17) is 29.4 Å². The molecular formula is C23H45BN4O10S2. The van der Waals surface area contributed by atoms with Gasteiger partial charge in [-0.25, -0.2) is 9.59 Å². The van der Waals surface area contributed by atoms with Gasteiger partial charge in [-0.1, -0.05) is 6.42 Å². The minimum atomic E-state index is -3.95. The van der Waals surface area contributed by atoms with Crippen molar-refractivity contribution < 1.29 is 46.4 Å². The van der Waals surface area contributed by atoms with Crippen LogP contribution in [0, 0.1) is 5.92 Å². The van der Waals surface area contributed by atoms with Crippen LogP contribution in [0.3, 0.4) is 0 Å². The van der Waals surface area contributed by atoms with E-state index in [1.165, 1.54) is 4.31 Å². The number of esters is 1. The number of carbonyl (C=O) groups is 2. The Bertz CT molecular complexity index is 969. The fraction of sp³-hybridized carbons (Fsp3) is 0.870. The van der Waals surface area contributed by atoms with Crippen molar-refractivity contribution in [3.8, 4) is 0 Å². The van der Waals surface area contributed by atoms with Crippen LogP contribution in [0.25, 0.3) is 0 Å². The smallest absolute Gasteiger partial charge is 0.457 e. The first-order valence-electron chi connectivity index (χ1n) is 12.7. The predicted octanol–water partition coefficient (Wildman–Crippen LogP) is 0.548. The average molecular weight is 613 g/mol. The summed E-state index contributed by atoms with van der Waals surface area (Å²) in [4.78, 5) is 40.4. The number of methoxy groups -OCH3 is 1. The highest BCUT2D eigenvalue weighted by Crippen LogP contribution is 2.38. The summed E-state index contributed by atoms with van der Waals surface area (Å²) in [6.07, 6.45) is 1.59. The maximum Gasteiger partial charge on any atom is 0.457 e. The zero-order chi connectivity index (χ0) is 30.2. The molecule has 2 aliphatic rings. The molecule has 2 fully saturated rings. The molecule has 0 unspecified atom stereocenters. The monoisotopic (exact) mass is 612 g/mol. The fourth-order valence-corrected chi connectivity index (χ4v) is 5.37. The summed E-state index contributed by atoms with van der Waals surface area (Å²) >= 11 is 0. The van der Waals surface area contributed by atoms with Crippen molar-refractivity contribution in [1.82, 2.24) is 14.3 Å². The molecule has 0 saturated carbocycles. The summed E-state index contributed by atoms with van der Waals surface area (Å²) < 4.78 is 51.3. The van der Waals surface area contributed by atoms with Gasteiger partial charge in [0.2, 0.25) is 0 Å². The molecule has 0 spiro atoms. The molecule has 2 saturated heterocycles. The van der Waals surface area contributed by atoms with Gasteiger partial charge in [-0.2, -0.15) is 40.5 Å². The van der Waals surface area contributed by atoms with Crippen molar-refractivity contribution in [1.29, 1.82) is 0 Å². The van der Waals surface area contributed by atoms with Gasteiger partial charge in [0.1, 0.15) is 11.6 Å². The average Bonchev–Trinajstić information content (AvgIpc) is 3.25. The van der Waals surface area contributed by atoms with Crippen LogP contribution in [0.15, 0.2) is 0 Å². The molecule has 0 aromatic heterocycles. The fourth-order valence-electron chi connectivity index (χ4n) is 4.05. The van der Waals surface area contributed by atoms with Gasteiger partial charge in [-0.3, -0.25) is 0 Å². The van der Waals surface area contributed by atoms with E-state index in [9.17, 15) is 18.0 Å². The van der Waals surface area contributed by atoms with Crippen molar-refractivity contribution in [2.24, 2.45) is 11.7 Å². The van der Waals surface area contributed by atoms with Crippen molar-refractivity contribution in [3.63, 3.8) is 0 Å². The van der Waals surface area contributed by atoms with Gasteiger partial charge < -0.3 is 29.8 Å². The van der Waals surface area contributed by atoms with Crippen LogP contribution in [0.4, 0.5) is 4.79 Å². The summed E-state index contributed by atoms with van der Waals surface area (Å²) in [5.41, 5.74) is 4.69. The molecule has 232 valence electrons. The standard InChI is InChI=1S/C22H43BN4O8S.CO2.H2S/c1-20(2,3)33-19(29)26-17(18(28)32-8)12-25-36(30,31)27-13-15(16(24)14-27)10-9-11-23-34-21(4,5)22(6,7)35-23;2-1-3;/h15-17,25H,9-14,24H2,1-8H3,(H,26,29);;1H2/t15-,16-,17-;;/m0../s1. The van der Waals surface area contributed by atoms with Crippen LogP contribution in [0.1, 0.15) is 61.3 Å². The van der Waals surface area contributed by atoms with E-state index in [1.54, 1.807) is 20.8 Å². The lowest BCUT2D eigenvalue weighted by Gasteiger charge is -2.32. The highest BCUT2D eigenvalue weighted by molar-refractivity contribution is 7.87. The summed E-state index contributed by atoms with van der Waals surface area (Å²) in [5.74, 6) is -0.831. The summed E-state index contributed by atoms with van der Waals surface area (Å²) in [7, 11) is -3.11. The van der Waals surface area contributed by atoms with E-state index in [2.05, 4.69) is 14.8 Å². The van der Waals surface area contributed by atoms with Gasteiger partial charge in [0, 0.05) is 25.7 Å². The van der Waals surface area contributed by atoms with E-state index in [1.807, 2.05) is 27.7 Å². The number of nitrogens with zero attached hydrogens (tertiary/aromatic N) is 1. The maximum absolute atomic E-state index is 12.9. The second kappa shape index (κ2) is 15.5. The SMILES string of the molecule is COC(=O)[C@H](CNS(=O)(=O)N1C[C@H](CCCB2OC(C)(C)C(C)(C)O2)[C@@H](N)C1)NC(=O)OC(C)(C)C.O=C=O.S. The van der Waals surface area contributed by atoms with Gasteiger partial charge in [0.15, 0.2) is 0 Å². The van der Waals surface area contributed by atoms with Gasteiger partial charge in [0.05, 0.1) is 18.3 Å². The Hall–Kier alpha value is -1.72. The lowest BCUT2D eigenvalue weighted by atomic mass is 9.80. The lowest BCUT2D eigenvalue weighted by molar-refractivity contribution is -0.191. The molecule has 0 bridgehead atoms. The number of nitrogens with two attached hydrogens (primary N) is 1. The number of carbonyl (C=O) groups excluding carboxylic acids is 4. The van der Waals surface area contributed by atoms with Crippen molar-refractivity contribution in [3.05, 3.63) is 0 Å². The van der Waals surface area contributed by atoms with Crippen LogP contribution in [-0.2, 0) is 43.4 Å². The Balaban J connectivity index is 0.00000363. The van der Waals surface area contributed by atoms with Crippen molar-refractivity contribution in [2.75, 3.05) is 26.7 Å². The predicted molar refractivity (Wildman–Crippen MR) is 151 cm³/mol. The Kier molecular flexibility index (Phi) is 14.8. The molecule has 0 radical (unpaired) electrons. The van der Waals surface area contributed by atoms with Gasteiger partial charge in [0.25, 0.3) is 10.2 Å². The Labute approximate surface area is 244 Å². The summed E-state index contributed by atoms with van der Waals surface area (Å²) in [5, 5.41) is 2.34. The number of rotatable bonds is 10. The maximum atomic E-state index is 12.9. The van der Waals surface area contributed by atoms with Gasteiger partial charge in [-0.15, -0.1) is 0 Å². The van der Waals surface area contributed by atoms with Crippen LogP contribution in [0.5, 0.6) is 0 Å². The molecule has 2 rings (SSSR count). The zero-order valence-corrected chi connectivity index (χ0v) is 26.4. The van der Waals surface area contributed by atoms with Gasteiger partial charge in [-0.05, 0) is 67.1 Å². The van der Waals surface area contributed by atoms with E-state index < -0.39 is 51.7 Å². The van der Waals surface area contributed by atoms with E-state index in [-0.39, 0.29) is 51.8 Å². The highest BCUT2D eigenvalue weighted by atomic mass is 32.2. The molecular weight excluding hydrogens is 567 g/mol. The highest BCUT2D eigenvalue weighted by Gasteiger charge is 2.50. The molecule has 2 heterocycles. The number of alkyl carbamates (subject to hydrolysis) is 1. The third kappa shape index (κ3) is 11.6. The first-order valence-corrected chi connectivity index (χ1v) is 14.1. The molecule has 3 atom stereocenters. The normalized spacial score (nSPS) is 22.7. The number of ether oxygens (including phenoxy) is 2.